The first kappa shape index (κ1) is 10.0. The minimum absolute atomic E-state index is 0.398. The average Bonchev–Trinajstić information content (AvgIpc) is 3.00. The molecular weight excluding hydrogens is 174 g/mol. The molecule has 0 radical (unpaired) electrons. The molecule has 1 saturated heterocycles. The first-order valence-electron chi connectivity index (χ1n) is 6.00. The zero-order chi connectivity index (χ0) is 10.1. The molecule has 1 aliphatic carbocycles. The standard InChI is InChI=1S/C12H21NO/c1-9(2)11-5-3-4-8-13(11)12(14)10-6-7-10/h9-11H,3-8H2,1-2H3. The maximum Gasteiger partial charge on any atom is 0.225 e. The second-order valence-corrected chi connectivity index (χ2v) is 5.11. The third-order valence-electron chi connectivity index (χ3n) is 3.53. The molecule has 1 saturated carbocycles. The van der Waals surface area contributed by atoms with Gasteiger partial charge in [-0.25, -0.2) is 0 Å². The molecule has 2 aliphatic rings. The molecule has 1 amide bonds. The Bertz CT molecular complexity index is 220. The van der Waals surface area contributed by atoms with E-state index in [4.69, 9.17) is 0 Å². The molecule has 0 N–H and O–H groups in total. The van der Waals surface area contributed by atoms with Gasteiger partial charge < -0.3 is 4.90 Å². The van der Waals surface area contributed by atoms with Gasteiger partial charge in [0.1, 0.15) is 0 Å². The van der Waals surface area contributed by atoms with Gasteiger partial charge in [-0.3, -0.25) is 4.79 Å². The van der Waals surface area contributed by atoms with Gasteiger partial charge in [-0.2, -0.15) is 0 Å². The number of carbonyl (C=O) groups excluding carboxylic acids is 1. The molecule has 1 unspecified atom stereocenters. The van der Waals surface area contributed by atoms with Crippen molar-refractivity contribution in [3.05, 3.63) is 0 Å². The Balaban J connectivity index is 2.01. The van der Waals surface area contributed by atoms with Crippen molar-refractivity contribution >= 4 is 5.91 Å². The summed E-state index contributed by atoms with van der Waals surface area (Å²) in [6, 6.07) is 0.525. The van der Waals surface area contributed by atoms with Crippen LogP contribution < -0.4 is 0 Å². The molecule has 0 spiro atoms. The van der Waals surface area contributed by atoms with Crippen molar-refractivity contribution in [1.82, 2.24) is 4.90 Å². The molecule has 0 aromatic carbocycles. The Hall–Kier alpha value is -0.530. The summed E-state index contributed by atoms with van der Waals surface area (Å²) in [5, 5.41) is 0. The van der Waals surface area contributed by atoms with Crippen LogP contribution >= 0.6 is 0 Å². The summed E-state index contributed by atoms with van der Waals surface area (Å²) in [5.41, 5.74) is 0. The summed E-state index contributed by atoms with van der Waals surface area (Å²) in [6.07, 6.45) is 6.01. The smallest absolute Gasteiger partial charge is 0.225 e. The van der Waals surface area contributed by atoms with E-state index in [1.807, 2.05) is 0 Å². The van der Waals surface area contributed by atoms with Crippen molar-refractivity contribution in [3.63, 3.8) is 0 Å². The van der Waals surface area contributed by atoms with Crippen LogP contribution in [-0.4, -0.2) is 23.4 Å². The van der Waals surface area contributed by atoms with E-state index in [9.17, 15) is 4.79 Å². The fourth-order valence-electron chi connectivity index (χ4n) is 2.49. The monoisotopic (exact) mass is 195 g/mol. The molecule has 2 heteroatoms. The average molecular weight is 195 g/mol. The second-order valence-electron chi connectivity index (χ2n) is 5.11. The highest BCUT2D eigenvalue weighted by atomic mass is 16.2. The molecule has 0 bridgehead atoms. The molecule has 80 valence electrons. The number of amides is 1. The van der Waals surface area contributed by atoms with Crippen molar-refractivity contribution in [2.24, 2.45) is 11.8 Å². The minimum atomic E-state index is 0.398. The van der Waals surface area contributed by atoms with E-state index >= 15 is 0 Å². The quantitative estimate of drug-likeness (QED) is 0.662. The topological polar surface area (TPSA) is 20.3 Å². The minimum Gasteiger partial charge on any atom is -0.339 e. The van der Waals surface area contributed by atoms with Crippen LogP contribution in [0.15, 0.2) is 0 Å². The van der Waals surface area contributed by atoms with Crippen molar-refractivity contribution in [1.29, 1.82) is 0 Å². The third kappa shape index (κ3) is 1.94. The molecule has 1 heterocycles. The predicted octanol–water partition coefficient (Wildman–Crippen LogP) is 2.43. The van der Waals surface area contributed by atoms with Crippen LogP contribution in [0.5, 0.6) is 0 Å². The van der Waals surface area contributed by atoms with Gasteiger partial charge in [-0.15, -0.1) is 0 Å². The highest BCUT2D eigenvalue weighted by Crippen LogP contribution is 2.34. The van der Waals surface area contributed by atoms with E-state index in [0.29, 0.717) is 23.8 Å². The number of likely N-dealkylation sites (tertiary alicyclic amines) is 1. The van der Waals surface area contributed by atoms with E-state index in [-0.39, 0.29) is 0 Å². The number of hydrogen-bond acceptors (Lipinski definition) is 1. The fourth-order valence-corrected chi connectivity index (χ4v) is 2.49. The summed E-state index contributed by atoms with van der Waals surface area (Å²) >= 11 is 0. The summed E-state index contributed by atoms with van der Waals surface area (Å²) in [6.45, 7) is 5.49. The Morgan fingerprint density at radius 1 is 1.21 bits per heavy atom. The van der Waals surface area contributed by atoms with Gasteiger partial charge in [0.15, 0.2) is 0 Å². The Morgan fingerprint density at radius 3 is 2.50 bits per heavy atom. The van der Waals surface area contributed by atoms with Crippen LogP contribution in [0.25, 0.3) is 0 Å². The maximum absolute atomic E-state index is 12.0. The lowest BCUT2D eigenvalue weighted by molar-refractivity contribution is -0.137. The lowest BCUT2D eigenvalue weighted by Gasteiger charge is -2.38. The van der Waals surface area contributed by atoms with Crippen LogP contribution in [0.2, 0.25) is 0 Å². The summed E-state index contributed by atoms with van der Waals surface area (Å²) in [4.78, 5) is 14.2. The van der Waals surface area contributed by atoms with Gasteiger partial charge in [0, 0.05) is 18.5 Å². The molecule has 0 aromatic rings. The normalized spacial score (nSPS) is 28.2. The summed E-state index contributed by atoms with van der Waals surface area (Å²) < 4.78 is 0. The first-order chi connectivity index (χ1) is 6.70. The number of carbonyl (C=O) groups is 1. The first-order valence-corrected chi connectivity index (χ1v) is 6.00. The maximum atomic E-state index is 12.0. The van der Waals surface area contributed by atoms with Gasteiger partial charge in [0.05, 0.1) is 0 Å². The van der Waals surface area contributed by atoms with E-state index in [1.165, 1.54) is 19.3 Å². The third-order valence-corrected chi connectivity index (χ3v) is 3.53. The largest absolute Gasteiger partial charge is 0.339 e. The molecular formula is C12H21NO. The summed E-state index contributed by atoms with van der Waals surface area (Å²) in [7, 11) is 0. The number of nitrogens with zero attached hydrogens (tertiary/aromatic N) is 1. The second kappa shape index (κ2) is 3.92. The zero-order valence-corrected chi connectivity index (χ0v) is 9.33. The van der Waals surface area contributed by atoms with E-state index in [0.717, 1.165) is 19.4 Å². The van der Waals surface area contributed by atoms with Gasteiger partial charge in [-0.05, 0) is 38.0 Å². The molecule has 1 atom stereocenters. The van der Waals surface area contributed by atoms with Gasteiger partial charge in [0.25, 0.3) is 0 Å². The SMILES string of the molecule is CC(C)C1CCCCN1C(=O)C1CC1. The van der Waals surface area contributed by atoms with E-state index in [2.05, 4.69) is 18.7 Å². The van der Waals surface area contributed by atoms with Crippen LogP contribution in [-0.2, 0) is 4.79 Å². The Labute approximate surface area is 86.7 Å². The zero-order valence-electron chi connectivity index (χ0n) is 9.33. The van der Waals surface area contributed by atoms with Crippen LogP contribution in [0.1, 0.15) is 46.0 Å². The van der Waals surface area contributed by atoms with Crippen molar-refractivity contribution in [2.75, 3.05) is 6.54 Å². The number of hydrogen-bond donors (Lipinski definition) is 0. The highest BCUT2D eigenvalue weighted by molar-refractivity contribution is 5.81. The molecule has 2 fully saturated rings. The van der Waals surface area contributed by atoms with Crippen molar-refractivity contribution in [2.45, 2.75) is 52.0 Å². The van der Waals surface area contributed by atoms with E-state index < -0.39 is 0 Å². The number of piperidine rings is 1. The Morgan fingerprint density at radius 2 is 1.93 bits per heavy atom. The Kier molecular flexibility index (Phi) is 2.80. The van der Waals surface area contributed by atoms with Gasteiger partial charge in [-0.1, -0.05) is 13.8 Å². The molecule has 1 aliphatic heterocycles. The molecule has 14 heavy (non-hydrogen) atoms. The fraction of sp³-hybridized carbons (Fsp3) is 0.917. The number of rotatable bonds is 2. The van der Waals surface area contributed by atoms with Gasteiger partial charge in [0.2, 0.25) is 5.91 Å². The molecule has 2 nitrogen and oxygen atoms in total. The lowest BCUT2D eigenvalue weighted by Crippen LogP contribution is -2.47. The van der Waals surface area contributed by atoms with Crippen molar-refractivity contribution in [3.8, 4) is 0 Å². The van der Waals surface area contributed by atoms with Crippen LogP contribution in [0, 0.1) is 11.8 Å². The van der Waals surface area contributed by atoms with E-state index in [1.54, 1.807) is 0 Å². The molecule has 0 aromatic heterocycles. The predicted molar refractivity (Wildman–Crippen MR) is 56.9 cm³/mol. The lowest BCUT2D eigenvalue weighted by atomic mass is 9.92. The molecule has 2 rings (SSSR count). The van der Waals surface area contributed by atoms with Crippen LogP contribution in [0.4, 0.5) is 0 Å². The van der Waals surface area contributed by atoms with Gasteiger partial charge >= 0.3 is 0 Å². The highest BCUT2D eigenvalue weighted by Gasteiger charge is 2.37. The van der Waals surface area contributed by atoms with Crippen molar-refractivity contribution < 1.29 is 4.79 Å². The summed E-state index contributed by atoms with van der Waals surface area (Å²) in [5.74, 6) is 1.47. The van der Waals surface area contributed by atoms with Crippen LogP contribution in [0.3, 0.4) is 0 Å².